The van der Waals surface area contributed by atoms with E-state index in [9.17, 15) is 0 Å². The van der Waals surface area contributed by atoms with Crippen LogP contribution in [0.4, 0.5) is 17.1 Å². The van der Waals surface area contributed by atoms with Gasteiger partial charge in [-0.05, 0) is 24.3 Å². The van der Waals surface area contributed by atoms with E-state index in [0.717, 1.165) is 49.0 Å². The molecular formula is C17H20ClN3O. The van der Waals surface area contributed by atoms with Crippen molar-refractivity contribution >= 4 is 28.7 Å². The molecule has 1 aliphatic heterocycles. The van der Waals surface area contributed by atoms with Crippen molar-refractivity contribution in [3.63, 3.8) is 0 Å². The van der Waals surface area contributed by atoms with Gasteiger partial charge in [0.25, 0.3) is 0 Å². The highest BCUT2D eigenvalue weighted by molar-refractivity contribution is 6.34. The van der Waals surface area contributed by atoms with E-state index < -0.39 is 0 Å². The molecule has 4 nitrogen and oxygen atoms in total. The molecule has 1 saturated heterocycles. The van der Waals surface area contributed by atoms with Crippen LogP contribution in [0.25, 0.3) is 0 Å². The third kappa shape index (κ3) is 2.79. The van der Waals surface area contributed by atoms with Gasteiger partial charge in [-0.1, -0.05) is 29.8 Å². The lowest BCUT2D eigenvalue weighted by Gasteiger charge is -2.38. The van der Waals surface area contributed by atoms with Crippen molar-refractivity contribution in [1.29, 1.82) is 0 Å². The Bertz CT molecular complexity index is 634. The summed E-state index contributed by atoms with van der Waals surface area (Å²) in [6.45, 7) is 3.58. The topological polar surface area (TPSA) is 41.7 Å². The Morgan fingerprint density at radius 1 is 0.955 bits per heavy atom. The predicted octanol–water partition coefficient (Wildman–Crippen LogP) is 3.26. The summed E-state index contributed by atoms with van der Waals surface area (Å²) in [6.07, 6.45) is 0. The number of nitrogen functional groups attached to an aromatic ring is 1. The van der Waals surface area contributed by atoms with Gasteiger partial charge in [0.15, 0.2) is 0 Å². The molecule has 2 aromatic rings. The number of hydrogen-bond donors (Lipinski definition) is 1. The van der Waals surface area contributed by atoms with Crippen LogP contribution < -0.4 is 20.3 Å². The maximum Gasteiger partial charge on any atom is 0.142 e. The predicted molar refractivity (Wildman–Crippen MR) is 93.3 cm³/mol. The fourth-order valence-electron chi connectivity index (χ4n) is 2.93. The molecule has 0 spiro atoms. The Morgan fingerprint density at radius 3 is 2.32 bits per heavy atom. The first-order valence-electron chi connectivity index (χ1n) is 7.37. The highest BCUT2D eigenvalue weighted by atomic mass is 35.5. The first kappa shape index (κ1) is 14.9. The number of nitrogens with zero attached hydrogens (tertiary/aromatic N) is 2. The van der Waals surface area contributed by atoms with Crippen LogP contribution >= 0.6 is 11.6 Å². The van der Waals surface area contributed by atoms with Gasteiger partial charge in [-0.2, -0.15) is 0 Å². The van der Waals surface area contributed by atoms with Crippen molar-refractivity contribution in [2.24, 2.45) is 0 Å². The Morgan fingerprint density at radius 2 is 1.64 bits per heavy atom. The van der Waals surface area contributed by atoms with E-state index >= 15 is 0 Å². The number of para-hydroxylation sites is 3. The van der Waals surface area contributed by atoms with Crippen LogP contribution in [0, 0.1) is 0 Å². The van der Waals surface area contributed by atoms with Crippen LogP contribution in [0.3, 0.4) is 0 Å². The Labute approximate surface area is 136 Å². The number of halogens is 1. The average Bonchev–Trinajstić information content (AvgIpc) is 2.55. The molecule has 3 rings (SSSR count). The number of rotatable bonds is 3. The third-order valence-corrected chi connectivity index (χ3v) is 4.34. The Kier molecular flexibility index (Phi) is 4.29. The summed E-state index contributed by atoms with van der Waals surface area (Å²) in [7, 11) is 1.71. The van der Waals surface area contributed by atoms with Crippen molar-refractivity contribution < 1.29 is 4.74 Å². The maximum atomic E-state index is 6.31. The summed E-state index contributed by atoms with van der Waals surface area (Å²) in [5.41, 5.74) is 8.90. The molecule has 2 aromatic carbocycles. The van der Waals surface area contributed by atoms with Crippen LogP contribution in [0.15, 0.2) is 42.5 Å². The monoisotopic (exact) mass is 317 g/mol. The molecule has 0 amide bonds. The first-order chi connectivity index (χ1) is 10.7. The fourth-order valence-corrected chi connectivity index (χ4v) is 3.23. The molecule has 0 aromatic heterocycles. The number of anilines is 3. The van der Waals surface area contributed by atoms with Crippen molar-refractivity contribution in [2.75, 3.05) is 48.8 Å². The van der Waals surface area contributed by atoms with Crippen LogP contribution in [-0.2, 0) is 0 Å². The second-order valence-corrected chi connectivity index (χ2v) is 5.73. The van der Waals surface area contributed by atoms with Gasteiger partial charge in [0, 0.05) is 26.2 Å². The van der Waals surface area contributed by atoms with Gasteiger partial charge in [-0.3, -0.25) is 0 Å². The molecule has 0 atom stereocenters. The smallest absolute Gasteiger partial charge is 0.142 e. The van der Waals surface area contributed by atoms with Crippen LogP contribution in [0.1, 0.15) is 0 Å². The first-order valence-corrected chi connectivity index (χ1v) is 7.75. The second kappa shape index (κ2) is 6.36. The highest BCUT2D eigenvalue weighted by Crippen LogP contribution is 2.34. The maximum absolute atomic E-state index is 6.31. The molecule has 5 heteroatoms. The molecule has 0 saturated carbocycles. The summed E-state index contributed by atoms with van der Waals surface area (Å²) in [5.74, 6) is 0.910. The zero-order valence-corrected chi connectivity index (χ0v) is 13.4. The van der Waals surface area contributed by atoms with E-state index in [-0.39, 0.29) is 0 Å². The van der Waals surface area contributed by atoms with E-state index in [2.05, 4.69) is 15.9 Å². The van der Waals surface area contributed by atoms with E-state index in [1.165, 1.54) is 0 Å². The minimum absolute atomic E-state index is 0.714. The molecule has 1 heterocycles. The fraction of sp³-hybridized carbons (Fsp3) is 0.294. The molecule has 0 aliphatic carbocycles. The third-order valence-electron chi connectivity index (χ3n) is 4.04. The van der Waals surface area contributed by atoms with Crippen molar-refractivity contribution in [2.45, 2.75) is 0 Å². The standard InChI is InChI=1S/C17H20ClN3O/c1-22-16-8-3-2-7-15(16)20-9-11-21(12-10-20)17-13(18)5-4-6-14(17)19/h2-8H,9-12,19H2,1H3. The molecule has 2 N–H and O–H groups in total. The van der Waals surface area contributed by atoms with Gasteiger partial charge in [0.05, 0.1) is 29.2 Å². The van der Waals surface area contributed by atoms with Gasteiger partial charge in [-0.25, -0.2) is 0 Å². The summed E-state index contributed by atoms with van der Waals surface area (Å²) in [5, 5.41) is 0.714. The molecule has 22 heavy (non-hydrogen) atoms. The quantitative estimate of drug-likeness (QED) is 0.882. The number of ether oxygens (including phenoxy) is 1. The van der Waals surface area contributed by atoms with Gasteiger partial charge < -0.3 is 20.3 Å². The summed E-state index contributed by atoms with van der Waals surface area (Å²) in [6, 6.07) is 13.8. The number of methoxy groups -OCH3 is 1. The Balaban J connectivity index is 1.75. The summed E-state index contributed by atoms with van der Waals surface area (Å²) in [4.78, 5) is 4.59. The molecule has 1 fully saturated rings. The zero-order chi connectivity index (χ0) is 15.5. The van der Waals surface area contributed by atoms with Crippen molar-refractivity contribution in [3.8, 4) is 5.75 Å². The van der Waals surface area contributed by atoms with Crippen LogP contribution in [0.5, 0.6) is 5.75 Å². The summed E-state index contributed by atoms with van der Waals surface area (Å²) >= 11 is 6.31. The lowest BCUT2D eigenvalue weighted by atomic mass is 10.2. The number of benzene rings is 2. The SMILES string of the molecule is COc1ccccc1N1CCN(c2c(N)cccc2Cl)CC1. The largest absolute Gasteiger partial charge is 0.495 e. The minimum Gasteiger partial charge on any atom is -0.495 e. The number of nitrogens with two attached hydrogens (primary N) is 1. The second-order valence-electron chi connectivity index (χ2n) is 5.32. The number of piperazine rings is 1. The van der Waals surface area contributed by atoms with Gasteiger partial charge >= 0.3 is 0 Å². The molecule has 116 valence electrons. The highest BCUT2D eigenvalue weighted by Gasteiger charge is 2.22. The lowest BCUT2D eigenvalue weighted by molar-refractivity contribution is 0.413. The van der Waals surface area contributed by atoms with E-state index in [4.69, 9.17) is 22.1 Å². The van der Waals surface area contributed by atoms with E-state index in [1.54, 1.807) is 7.11 Å². The molecule has 0 unspecified atom stereocenters. The average molecular weight is 318 g/mol. The molecule has 0 bridgehead atoms. The number of hydrogen-bond acceptors (Lipinski definition) is 4. The van der Waals surface area contributed by atoms with Crippen molar-refractivity contribution in [3.05, 3.63) is 47.5 Å². The van der Waals surface area contributed by atoms with Gasteiger partial charge in [-0.15, -0.1) is 0 Å². The van der Waals surface area contributed by atoms with Crippen molar-refractivity contribution in [1.82, 2.24) is 0 Å². The minimum atomic E-state index is 0.714. The Hall–Kier alpha value is -2.07. The molecule has 0 radical (unpaired) electrons. The van der Waals surface area contributed by atoms with Crippen LogP contribution in [0.2, 0.25) is 5.02 Å². The molecule has 1 aliphatic rings. The normalized spacial score (nSPS) is 15.0. The van der Waals surface area contributed by atoms with E-state index in [1.807, 2.05) is 36.4 Å². The summed E-state index contributed by atoms with van der Waals surface area (Å²) < 4.78 is 5.45. The van der Waals surface area contributed by atoms with Gasteiger partial charge in [0.2, 0.25) is 0 Å². The zero-order valence-electron chi connectivity index (χ0n) is 12.6. The van der Waals surface area contributed by atoms with Crippen LogP contribution in [-0.4, -0.2) is 33.3 Å². The van der Waals surface area contributed by atoms with E-state index in [0.29, 0.717) is 5.02 Å². The molecular weight excluding hydrogens is 298 g/mol. The lowest BCUT2D eigenvalue weighted by Crippen LogP contribution is -2.47. The van der Waals surface area contributed by atoms with Gasteiger partial charge in [0.1, 0.15) is 5.75 Å².